The molecule has 1 spiro atoms. The van der Waals surface area contributed by atoms with Crippen LogP contribution in [0.1, 0.15) is 48.7 Å². The van der Waals surface area contributed by atoms with Crippen LogP contribution in [-0.4, -0.2) is 49.1 Å². The molecule has 28 heavy (non-hydrogen) atoms. The molecule has 1 amide bonds. The number of thioether (sulfide) groups is 2. The van der Waals surface area contributed by atoms with Crippen LogP contribution in [0.25, 0.3) is 0 Å². The number of rotatable bonds is 6. The van der Waals surface area contributed by atoms with Crippen molar-refractivity contribution in [3.63, 3.8) is 0 Å². The van der Waals surface area contributed by atoms with Crippen molar-refractivity contribution < 1.29 is 19.0 Å². The topological polar surface area (TPSA) is 56.8 Å². The molecule has 2 aliphatic heterocycles. The molecule has 0 radical (unpaired) electrons. The van der Waals surface area contributed by atoms with Crippen LogP contribution in [0.3, 0.4) is 0 Å². The van der Waals surface area contributed by atoms with E-state index < -0.39 is 0 Å². The number of ether oxygens (including phenoxy) is 3. The number of benzene rings is 1. The fourth-order valence-corrected chi connectivity index (χ4v) is 6.79. The van der Waals surface area contributed by atoms with Gasteiger partial charge in [-0.1, -0.05) is 18.6 Å². The highest BCUT2D eigenvalue weighted by Crippen LogP contribution is 2.43. The van der Waals surface area contributed by atoms with E-state index in [0.717, 1.165) is 31.4 Å². The van der Waals surface area contributed by atoms with Gasteiger partial charge in [0.05, 0.1) is 11.2 Å². The van der Waals surface area contributed by atoms with Crippen molar-refractivity contribution in [2.45, 2.75) is 55.0 Å². The van der Waals surface area contributed by atoms with Crippen LogP contribution in [0.5, 0.6) is 5.75 Å². The van der Waals surface area contributed by atoms with Crippen LogP contribution in [0.15, 0.2) is 24.3 Å². The van der Waals surface area contributed by atoms with E-state index in [-0.39, 0.29) is 24.4 Å². The maximum atomic E-state index is 12.1. The lowest BCUT2D eigenvalue weighted by molar-refractivity contribution is -0.186. The smallest absolute Gasteiger partial charge is 0.258 e. The Morgan fingerprint density at radius 2 is 1.86 bits per heavy atom. The molecule has 3 fully saturated rings. The quantitative estimate of drug-likeness (QED) is 0.743. The molecule has 1 unspecified atom stereocenters. The highest BCUT2D eigenvalue weighted by atomic mass is 32.2. The van der Waals surface area contributed by atoms with Crippen LogP contribution >= 0.6 is 23.5 Å². The molecule has 1 N–H and O–H groups in total. The lowest BCUT2D eigenvalue weighted by Crippen LogP contribution is -2.38. The second-order valence-electron chi connectivity index (χ2n) is 7.61. The minimum Gasteiger partial charge on any atom is -0.484 e. The van der Waals surface area contributed by atoms with E-state index in [9.17, 15) is 4.79 Å². The van der Waals surface area contributed by atoms with Gasteiger partial charge in [-0.15, -0.1) is 23.5 Å². The third kappa shape index (κ3) is 5.38. The molecule has 5 nitrogen and oxygen atoms in total. The van der Waals surface area contributed by atoms with Gasteiger partial charge in [0.15, 0.2) is 12.4 Å². The molecule has 4 rings (SSSR count). The van der Waals surface area contributed by atoms with Gasteiger partial charge in [-0.25, -0.2) is 0 Å². The van der Waals surface area contributed by atoms with Gasteiger partial charge >= 0.3 is 0 Å². The van der Waals surface area contributed by atoms with Crippen molar-refractivity contribution in [2.24, 2.45) is 0 Å². The van der Waals surface area contributed by atoms with Gasteiger partial charge in [-0.05, 0) is 48.5 Å². The summed E-state index contributed by atoms with van der Waals surface area (Å²) in [5.41, 5.74) is 1.32. The van der Waals surface area contributed by atoms with Gasteiger partial charge in [0.2, 0.25) is 0 Å². The van der Waals surface area contributed by atoms with E-state index >= 15 is 0 Å². The van der Waals surface area contributed by atoms with Gasteiger partial charge in [0.1, 0.15) is 11.9 Å². The van der Waals surface area contributed by atoms with Gasteiger partial charge in [-0.3, -0.25) is 4.79 Å². The van der Waals surface area contributed by atoms with Crippen molar-refractivity contribution in [1.29, 1.82) is 0 Å². The monoisotopic (exact) mass is 423 g/mol. The van der Waals surface area contributed by atoms with Crippen molar-refractivity contribution >= 4 is 29.4 Å². The van der Waals surface area contributed by atoms with Crippen LogP contribution in [0, 0.1) is 0 Å². The Labute approximate surface area is 175 Å². The zero-order chi connectivity index (χ0) is 19.2. The van der Waals surface area contributed by atoms with E-state index in [1.807, 2.05) is 35.7 Å². The standard InChI is InChI=1S/C21H29NO4S2/c23-19(22-13-18-14-25-21(26-18)9-2-1-3-10-21)15-24-17-7-5-16(6-8-17)20-27-11-4-12-28-20/h5-8,18,20H,1-4,9-15H2,(H,22,23). The fraction of sp³-hybridized carbons (Fsp3) is 0.667. The van der Waals surface area contributed by atoms with Gasteiger partial charge in [0, 0.05) is 19.4 Å². The highest BCUT2D eigenvalue weighted by Gasteiger charge is 2.42. The van der Waals surface area contributed by atoms with E-state index in [1.54, 1.807) is 0 Å². The van der Waals surface area contributed by atoms with Crippen LogP contribution in [-0.2, 0) is 14.3 Å². The maximum Gasteiger partial charge on any atom is 0.258 e. The average molecular weight is 424 g/mol. The van der Waals surface area contributed by atoms with Crippen molar-refractivity contribution in [2.75, 3.05) is 31.3 Å². The van der Waals surface area contributed by atoms with Crippen molar-refractivity contribution in [3.8, 4) is 5.75 Å². The Hall–Kier alpha value is -0.890. The summed E-state index contributed by atoms with van der Waals surface area (Å²) >= 11 is 4.01. The molecule has 1 aliphatic carbocycles. The predicted octanol–water partition coefficient (Wildman–Crippen LogP) is 4.13. The zero-order valence-corrected chi connectivity index (χ0v) is 17.8. The maximum absolute atomic E-state index is 12.1. The third-order valence-electron chi connectivity index (χ3n) is 5.41. The lowest BCUT2D eigenvalue weighted by Gasteiger charge is -2.31. The molecule has 1 saturated carbocycles. The lowest BCUT2D eigenvalue weighted by atomic mass is 9.94. The summed E-state index contributed by atoms with van der Waals surface area (Å²) in [5.74, 6) is 2.67. The van der Waals surface area contributed by atoms with Gasteiger partial charge in [-0.2, -0.15) is 0 Å². The minimum atomic E-state index is -0.388. The molecule has 7 heteroatoms. The Balaban J connectivity index is 1.16. The number of hydrogen-bond acceptors (Lipinski definition) is 6. The molecule has 1 aromatic rings. The van der Waals surface area contributed by atoms with Crippen LogP contribution < -0.4 is 10.1 Å². The predicted molar refractivity (Wildman–Crippen MR) is 114 cm³/mol. The molecule has 2 saturated heterocycles. The zero-order valence-electron chi connectivity index (χ0n) is 16.2. The molecule has 0 aromatic heterocycles. The normalized spacial score (nSPS) is 24.9. The number of carbonyl (C=O) groups is 1. The SMILES string of the molecule is O=C(COc1ccc(C2SCCCS2)cc1)NCC1COC2(CCCCC2)O1. The Morgan fingerprint density at radius 3 is 2.61 bits per heavy atom. The first kappa shape index (κ1) is 20.4. The second kappa shape index (κ2) is 9.74. The largest absolute Gasteiger partial charge is 0.484 e. The summed E-state index contributed by atoms with van der Waals surface area (Å²) < 4.78 is 18.2. The summed E-state index contributed by atoms with van der Waals surface area (Å²) in [7, 11) is 0. The first-order valence-electron chi connectivity index (χ1n) is 10.3. The summed E-state index contributed by atoms with van der Waals surface area (Å²) in [6.45, 7) is 1.05. The molecule has 2 heterocycles. The van der Waals surface area contributed by atoms with Crippen LogP contribution in [0.2, 0.25) is 0 Å². The number of nitrogens with one attached hydrogen (secondary N) is 1. The van der Waals surface area contributed by atoms with E-state index in [1.165, 1.54) is 29.9 Å². The Morgan fingerprint density at radius 1 is 1.11 bits per heavy atom. The molecule has 1 atom stereocenters. The van der Waals surface area contributed by atoms with Gasteiger partial charge < -0.3 is 19.5 Å². The highest BCUT2D eigenvalue weighted by molar-refractivity contribution is 8.16. The van der Waals surface area contributed by atoms with E-state index in [2.05, 4.69) is 17.4 Å². The number of amides is 1. The third-order valence-corrected chi connectivity index (χ3v) is 8.42. The van der Waals surface area contributed by atoms with Crippen LogP contribution in [0.4, 0.5) is 0 Å². The Bertz CT molecular complexity index is 642. The molecule has 0 bridgehead atoms. The summed E-state index contributed by atoms with van der Waals surface area (Å²) in [5, 5.41) is 2.90. The molecule has 3 aliphatic rings. The number of hydrogen-bond donors (Lipinski definition) is 1. The van der Waals surface area contributed by atoms with Crippen molar-refractivity contribution in [3.05, 3.63) is 29.8 Å². The minimum absolute atomic E-state index is 0.0188. The Kier molecular flexibility index (Phi) is 7.09. The summed E-state index contributed by atoms with van der Waals surface area (Å²) in [6, 6.07) is 8.13. The van der Waals surface area contributed by atoms with Crippen molar-refractivity contribution in [1.82, 2.24) is 5.32 Å². The first-order chi connectivity index (χ1) is 13.7. The summed E-state index contributed by atoms with van der Waals surface area (Å²) in [6.07, 6.45) is 6.73. The number of carbonyl (C=O) groups excluding carboxylic acids is 1. The second-order valence-corrected chi connectivity index (χ2v) is 10.3. The average Bonchev–Trinajstić information content (AvgIpc) is 3.14. The molecule has 1 aromatic carbocycles. The fourth-order valence-electron chi connectivity index (χ4n) is 3.90. The molecule has 154 valence electrons. The molecular formula is C21H29NO4S2. The molecular weight excluding hydrogens is 394 g/mol. The van der Waals surface area contributed by atoms with E-state index in [0.29, 0.717) is 17.7 Å². The van der Waals surface area contributed by atoms with Gasteiger partial charge in [0.25, 0.3) is 5.91 Å². The first-order valence-corrected chi connectivity index (χ1v) is 12.4. The van der Waals surface area contributed by atoms with E-state index in [4.69, 9.17) is 14.2 Å². The summed E-state index contributed by atoms with van der Waals surface area (Å²) in [4.78, 5) is 12.1.